The molecule has 9 heteroatoms. The fraction of sp³-hybridized carbons (Fsp3) is 0.450. The van der Waals surface area contributed by atoms with Crippen LogP contribution in [-0.2, 0) is 14.4 Å². The molecule has 1 fully saturated rings. The third kappa shape index (κ3) is 6.19. The van der Waals surface area contributed by atoms with E-state index in [9.17, 15) is 19.5 Å². The van der Waals surface area contributed by atoms with Crippen LogP contribution in [-0.4, -0.2) is 83.9 Å². The van der Waals surface area contributed by atoms with Gasteiger partial charge in [0.25, 0.3) is 0 Å². The summed E-state index contributed by atoms with van der Waals surface area (Å²) in [6.45, 7) is 0.597. The first-order chi connectivity index (χ1) is 13.7. The third-order valence-corrected chi connectivity index (χ3v) is 5.44. The number of halogens is 2. The van der Waals surface area contributed by atoms with Crippen molar-refractivity contribution >= 4 is 47.0 Å². The van der Waals surface area contributed by atoms with E-state index in [2.05, 4.69) is 0 Å². The Kier molecular flexibility index (Phi) is 8.49. The monoisotopic (exact) mass is 441 g/mol. The molecule has 158 valence electrons. The number of carbonyl (C=O) groups excluding carboxylic acids is 3. The van der Waals surface area contributed by atoms with Gasteiger partial charge < -0.3 is 19.8 Å². The van der Waals surface area contributed by atoms with E-state index in [1.165, 1.54) is 15.9 Å². The lowest BCUT2D eigenvalue weighted by molar-refractivity contribution is -0.144. The maximum Gasteiger partial charge on any atom is 0.246 e. The Morgan fingerprint density at radius 1 is 1.21 bits per heavy atom. The van der Waals surface area contributed by atoms with Gasteiger partial charge in [0.1, 0.15) is 6.04 Å². The molecule has 1 heterocycles. The van der Waals surface area contributed by atoms with Gasteiger partial charge in [-0.05, 0) is 30.2 Å². The van der Waals surface area contributed by atoms with Crippen LogP contribution in [0, 0.1) is 0 Å². The van der Waals surface area contributed by atoms with E-state index < -0.39 is 6.04 Å². The van der Waals surface area contributed by atoms with Crippen molar-refractivity contribution in [3.8, 4) is 0 Å². The predicted molar refractivity (Wildman–Crippen MR) is 113 cm³/mol. The quantitative estimate of drug-likeness (QED) is 0.683. The number of hydrogen-bond donors (Lipinski definition) is 1. The van der Waals surface area contributed by atoms with E-state index >= 15 is 0 Å². The standard InChI is InChI=1S/C20H25Cl2N3O4/c1-23(2)20(29)17(8-12-26)25-11-10-24(9-7-19(25)28)18(27)6-4-14-3-5-15(21)16(22)13-14/h3-6,13,17,26H,7-12H2,1-2H3. The van der Waals surface area contributed by atoms with E-state index in [0.29, 0.717) is 16.6 Å². The highest BCUT2D eigenvalue weighted by Gasteiger charge is 2.33. The van der Waals surface area contributed by atoms with Crippen LogP contribution in [0.2, 0.25) is 10.0 Å². The van der Waals surface area contributed by atoms with Crippen LogP contribution in [0.1, 0.15) is 18.4 Å². The van der Waals surface area contributed by atoms with Gasteiger partial charge in [0.2, 0.25) is 17.7 Å². The largest absolute Gasteiger partial charge is 0.396 e. The van der Waals surface area contributed by atoms with Crippen LogP contribution in [0.5, 0.6) is 0 Å². The molecule has 3 amide bonds. The minimum absolute atomic E-state index is 0.120. The highest BCUT2D eigenvalue weighted by Crippen LogP contribution is 2.23. The maximum atomic E-state index is 12.6. The molecular weight excluding hydrogens is 417 g/mol. The summed E-state index contributed by atoms with van der Waals surface area (Å²) in [5.41, 5.74) is 0.736. The number of hydrogen-bond acceptors (Lipinski definition) is 4. The second kappa shape index (κ2) is 10.6. The van der Waals surface area contributed by atoms with Crippen LogP contribution in [0.3, 0.4) is 0 Å². The van der Waals surface area contributed by atoms with Crippen LogP contribution in [0.25, 0.3) is 6.08 Å². The Balaban J connectivity index is 2.07. The Hall–Kier alpha value is -2.09. The summed E-state index contributed by atoms with van der Waals surface area (Å²) >= 11 is 11.9. The SMILES string of the molecule is CN(C)C(=O)C(CCO)N1CCN(C(=O)C=Cc2ccc(Cl)c(Cl)c2)CCC1=O. The molecule has 0 bridgehead atoms. The van der Waals surface area contributed by atoms with Crippen molar-refractivity contribution < 1.29 is 19.5 Å². The number of amides is 3. The van der Waals surface area contributed by atoms with E-state index in [4.69, 9.17) is 23.2 Å². The minimum Gasteiger partial charge on any atom is -0.396 e. The Bertz CT molecular complexity index is 798. The number of aliphatic hydroxyl groups excluding tert-OH is 1. The van der Waals surface area contributed by atoms with Crippen LogP contribution in [0.15, 0.2) is 24.3 Å². The molecule has 0 spiro atoms. The number of carbonyl (C=O) groups is 3. The van der Waals surface area contributed by atoms with Crippen molar-refractivity contribution in [2.24, 2.45) is 0 Å². The summed E-state index contributed by atoms with van der Waals surface area (Å²) in [6, 6.07) is 4.33. The van der Waals surface area contributed by atoms with Gasteiger partial charge in [-0.1, -0.05) is 29.3 Å². The van der Waals surface area contributed by atoms with Crippen molar-refractivity contribution in [1.29, 1.82) is 0 Å². The molecule has 0 saturated carbocycles. The lowest BCUT2D eigenvalue weighted by atomic mass is 10.1. The minimum atomic E-state index is -0.732. The molecule has 0 aliphatic carbocycles. The fourth-order valence-corrected chi connectivity index (χ4v) is 3.42. The zero-order chi connectivity index (χ0) is 21.6. The van der Waals surface area contributed by atoms with Gasteiger partial charge in [0.15, 0.2) is 0 Å². The molecule has 29 heavy (non-hydrogen) atoms. The van der Waals surface area contributed by atoms with Crippen LogP contribution < -0.4 is 0 Å². The average Bonchev–Trinajstić information content (AvgIpc) is 2.88. The predicted octanol–water partition coefficient (Wildman–Crippen LogP) is 1.91. The summed E-state index contributed by atoms with van der Waals surface area (Å²) in [6.07, 6.45) is 3.35. The van der Waals surface area contributed by atoms with E-state index in [0.717, 1.165) is 5.56 Å². The number of benzene rings is 1. The molecule has 1 N–H and O–H groups in total. The smallest absolute Gasteiger partial charge is 0.246 e. The van der Waals surface area contributed by atoms with Gasteiger partial charge in [-0.15, -0.1) is 0 Å². The molecule has 1 aromatic carbocycles. The molecule has 0 aromatic heterocycles. The molecule has 2 rings (SSSR count). The summed E-state index contributed by atoms with van der Waals surface area (Å²) in [4.78, 5) is 42.0. The summed E-state index contributed by atoms with van der Waals surface area (Å²) < 4.78 is 0. The number of aliphatic hydroxyl groups is 1. The first-order valence-electron chi connectivity index (χ1n) is 9.28. The molecule has 1 unspecified atom stereocenters. The van der Waals surface area contributed by atoms with Crippen molar-refractivity contribution in [1.82, 2.24) is 14.7 Å². The molecule has 1 atom stereocenters. The average molecular weight is 442 g/mol. The van der Waals surface area contributed by atoms with Crippen molar-refractivity contribution in [3.05, 3.63) is 39.9 Å². The van der Waals surface area contributed by atoms with E-state index in [1.807, 2.05) is 0 Å². The second-order valence-corrected chi connectivity index (χ2v) is 7.74. The molecule has 1 saturated heterocycles. The summed E-state index contributed by atoms with van der Waals surface area (Å²) in [7, 11) is 3.22. The molecule has 0 radical (unpaired) electrons. The van der Waals surface area contributed by atoms with E-state index in [-0.39, 0.29) is 50.3 Å². The van der Waals surface area contributed by atoms with Crippen molar-refractivity contribution in [3.63, 3.8) is 0 Å². The van der Waals surface area contributed by atoms with Gasteiger partial charge in [-0.3, -0.25) is 14.4 Å². The van der Waals surface area contributed by atoms with Gasteiger partial charge in [-0.2, -0.15) is 0 Å². The maximum absolute atomic E-state index is 12.6. The molecule has 1 aliphatic heterocycles. The van der Waals surface area contributed by atoms with Crippen molar-refractivity contribution in [2.45, 2.75) is 18.9 Å². The molecular formula is C20H25Cl2N3O4. The fourth-order valence-electron chi connectivity index (χ4n) is 3.11. The zero-order valence-electron chi connectivity index (χ0n) is 16.5. The van der Waals surface area contributed by atoms with E-state index in [1.54, 1.807) is 43.3 Å². The number of nitrogens with zero attached hydrogens (tertiary/aromatic N) is 3. The topological polar surface area (TPSA) is 81.2 Å². The van der Waals surface area contributed by atoms with Crippen LogP contribution >= 0.6 is 23.2 Å². The molecule has 1 aromatic rings. The summed E-state index contributed by atoms with van der Waals surface area (Å²) in [5, 5.41) is 10.1. The highest BCUT2D eigenvalue weighted by molar-refractivity contribution is 6.42. The lowest BCUT2D eigenvalue weighted by Gasteiger charge is -2.31. The van der Waals surface area contributed by atoms with Crippen LogP contribution in [0.4, 0.5) is 0 Å². The third-order valence-electron chi connectivity index (χ3n) is 4.71. The first-order valence-corrected chi connectivity index (χ1v) is 10.0. The first kappa shape index (κ1) is 23.2. The second-order valence-electron chi connectivity index (χ2n) is 6.93. The van der Waals surface area contributed by atoms with Gasteiger partial charge in [0.05, 0.1) is 10.0 Å². The van der Waals surface area contributed by atoms with Crippen molar-refractivity contribution in [2.75, 3.05) is 40.3 Å². The Morgan fingerprint density at radius 3 is 2.55 bits per heavy atom. The van der Waals surface area contributed by atoms with Gasteiger partial charge in [-0.25, -0.2) is 0 Å². The summed E-state index contributed by atoms with van der Waals surface area (Å²) in [5.74, 6) is -0.683. The Morgan fingerprint density at radius 2 is 1.93 bits per heavy atom. The molecule has 7 nitrogen and oxygen atoms in total. The molecule has 1 aliphatic rings. The lowest BCUT2D eigenvalue weighted by Crippen LogP contribution is -2.50. The Labute approximate surface area is 180 Å². The number of likely N-dealkylation sites (N-methyl/N-ethyl adjacent to an activating group) is 1. The highest BCUT2D eigenvalue weighted by atomic mass is 35.5. The number of rotatable bonds is 6. The normalized spacial score (nSPS) is 16.1. The van der Waals surface area contributed by atoms with Gasteiger partial charge >= 0.3 is 0 Å². The zero-order valence-corrected chi connectivity index (χ0v) is 18.0. The van der Waals surface area contributed by atoms with Gasteiger partial charge in [0, 0.05) is 52.8 Å².